The molecule has 0 bridgehead atoms. The first kappa shape index (κ1) is 14.2. The number of ether oxygens (including phenoxy) is 1. The van der Waals surface area contributed by atoms with E-state index in [2.05, 4.69) is 5.32 Å². The number of ketones is 1. The Hall–Kier alpha value is -1.84. The van der Waals surface area contributed by atoms with Gasteiger partial charge in [-0.15, -0.1) is 0 Å². The van der Waals surface area contributed by atoms with Crippen LogP contribution in [0.15, 0.2) is 24.3 Å². The summed E-state index contributed by atoms with van der Waals surface area (Å²) in [7, 11) is 1.59. The SMILES string of the molecule is CCNC(=O)CCCC(=O)c1ccc(OC)cc1. The Labute approximate surface area is 107 Å². The minimum absolute atomic E-state index is 0.0000286. The lowest BCUT2D eigenvalue weighted by atomic mass is 10.1. The lowest BCUT2D eigenvalue weighted by Crippen LogP contribution is -2.22. The summed E-state index contributed by atoms with van der Waals surface area (Å²) in [5.41, 5.74) is 0.659. The average molecular weight is 249 g/mol. The molecule has 0 heterocycles. The molecule has 0 unspecified atom stereocenters. The number of methoxy groups -OCH3 is 1. The minimum Gasteiger partial charge on any atom is -0.497 e. The van der Waals surface area contributed by atoms with E-state index in [4.69, 9.17) is 4.74 Å². The van der Waals surface area contributed by atoms with E-state index in [1.165, 1.54) is 0 Å². The first-order chi connectivity index (χ1) is 8.67. The van der Waals surface area contributed by atoms with Gasteiger partial charge in [0.2, 0.25) is 5.91 Å². The predicted molar refractivity (Wildman–Crippen MR) is 69.9 cm³/mol. The average Bonchev–Trinajstić information content (AvgIpc) is 2.39. The van der Waals surface area contributed by atoms with E-state index >= 15 is 0 Å². The Morgan fingerprint density at radius 3 is 2.39 bits per heavy atom. The second-order valence-corrected chi connectivity index (χ2v) is 3.96. The maximum atomic E-state index is 11.8. The molecule has 1 aromatic rings. The van der Waals surface area contributed by atoms with Gasteiger partial charge < -0.3 is 10.1 Å². The van der Waals surface area contributed by atoms with Crippen molar-refractivity contribution >= 4 is 11.7 Å². The summed E-state index contributed by atoms with van der Waals surface area (Å²) in [6.07, 6.45) is 1.37. The fourth-order valence-corrected chi connectivity index (χ4v) is 1.62. The van der Waals surface area contributed by atoms with Gasteiger partial charge in [0.25, 0.3) is 0 Å². The van der Waals surface area contributed by atoms with E-state index in [0.717, 1.165) is 5.75 Å². The first-order valence-electron chi connectivity index (χ1n) is 6.11. The molecule has 1 N–H and O–H groups in total. The highest BCUT2D eigenvalue weighted by molar-refractivity contribution is 5.96. The summed E-state index contributed by atoms with van der Waals surface area (Å²) >= 11 is 0. The van der Waals surface area contributed by atoms with E-state index in [1.54, 1.807) is 31.4 Å². The quantitative estimate of drug-likeness (QED) is 0.754. The van der Waals surface area contributed by atoms with E-state index in [1.807, 2.05) is 6.92 Å². The molecule has 0 aliphatic heterocycles. The normalized spacial score (nSPS) is 9.89. The topological polar surface area (TPSA) is 55.4 Å². The molecule has 0 aliphatic carbocycles. The van der Waals surface area contributed by atoms with Gasteiger partial charge in [0, 0.05) is 24.9 Å². The van der Waals surface area contributed by atoms with Gasteiger partial charge in [0.1, 0.15) is 5.75 Å². The molecule has 0 saturated carbocycles. The van der Waals surface area contributed by atoms with Crippen LogP contribution in [0.5, 0.6) is 5.75 Å². The third-order valence-electron chi connectivity index (χ3n) is 2.59. The summed E-state index contributed by atoms with van der Waals surface area (Å²) in [5, 5.41) is 2.71. The van der Waals surface area contributed by atoms with Gasteiger partial charge in [-0.25, -0.2) is 0 Å². The van der Waals surface area contributed by atoms with Crippen molar-refractivity contribution in [1.29, 1.82) is 0 Å². The third kappa shape index (κ3) is 4.57. The summed E-state index contributed by atoms with van der Waals surface area (Å²) in [6.45, 7) is 2.51. The van der Waals surface area contributed by atoms with Crippen molar-refractivity contribution in [2.24, 2.45) is 0 Å². The Bertz CT molecular complexity index is 398. The molecule has 0 radical (unpaired) electrons. The van der Waals surface area contributed by atoms with Gasteiger partial charge in [0.15, 0.2) is 5.78 Å². The summed E-state index contributed by atoms with van der Waals surface area (Å²) in [5.74, 6) is 0.788. The summed E-state index contributed by atoms with van der Waals surface area (Å²) in [4.78, 5) is 23.0. The molecule has 1 amide bonds. The van der Waals surface area contributed by atoms with Crippen molar-refractivity contribution in [1.82, 2.24) is 5.32 Å². The highest BCUT2D eigenvalue weighted by Gasteiger charge is 2.07. The van der Waals surface area contributed by atoms with Crippen LogP contribution in [0.25, 0.3) is 0 Å². The molecule has 1 aromatic carbocycles. The summed E-state index contributed by atoms with van der Waals surface area (Å²) in [6, 6.07) is 7.01. The zero-order valence-electron chi connectivity index (χ0n) is 10.9. The molecular formula is C14H19NO3. The number of nitrogens with one attached hydrogen (secondary N) is 1. The van der Waals surface area contributed by atoms with Gasteiger partial charge in [0.05, 0.1) is 7.11 Å². The number of benzene rings is 1. The Balaban J connectivity index is 2.38. The zero-order valence-corrected chi connectivity index (χ0v) is 10.9. The molecule has 98 valence electrons. The third-order valence-corrected chi connectivity index (χ3v) is 2.59. The molecule has 18 heavy (non-hydrogen) atoms. The van der Waals surface area contributed by atoms with E-state index in [0.29, 0.717) is 31.4 Å². The van der Waals surface area contributed by atoms with Crippen molar-refractivity contribution in [2.75, 3.05) is 13.7 Å². The van der Waals surface area contributed by atoms with Crippen molar-refractivity contribution < 1.29 is 14.3 Å². The maximum absolute atomic E-state index is 11.8. The fourth-order valence-electron chi connectivity index (χ4n) is 1.62. The number of hydrogen-bond acceptors (Lipinski definition) is 3. The van der Waals surface area contributed by atoms with Gasteiger partial charge in [-0.3, -0.25) is 9.59 Å². The minimum atomic E-state index is 0.0000286. The van der Waals surface area contributed by atoms with Gasteiger partial charge >= 0.3 is 0 Å². The molecule has 0 saturated heterocycles. The van der Waals surface area contributed by atoms with Crippen LogP contribution in [-0.2, 0) is 4.79 Å². The van der Waals surface area contributed by atoms with Crippen LogP contribution in [0.3, 0.4) is 0 Å². The van der Waals surface area contributed by atoms with Crippen LogP contribution in [0.1, 0.15) is 36.5 Å². The predicted octanol–water partition coefficient (Wildman–Crippen LogP) is 2.18. The maximum Gasteiger partial charge on any atom is 0.219 e. The standard InChI is InChI=1S/C14H19NO3/c1-3-15-14(17)6-4-5-13(16)11-7-9-12(18-2)10-8-11/h7-10H,3-6H2,1-2H3,(H,15,17). The van der Waals surface area contributed by atoms with Crippen LogP contribution in [0.2, 0.25) is 0 Å². The number of carbonyl (C=O) groups is 2. The van der Waals surface area contributed by atoms with Gasteiger partial charge in [-0.05, 0) is 37.6 Å². The highest BCUT2D eigenvalue weighted by Crippen LogP contribution is 2.13. The Kier molecular flexibility index (Phi) is 5.91. The molecule has 0 aromatic heterocycles. The Morgan fingerprint density at radius 1 is 1.17 bits per heavy atom. The van der Waals surface area contributed by atoms with Gasteiger partial charge in [-0.2, -0.15) is 0 Å². The molecule has 4 nitrogen and oxygen atoms in total. The van der Waals surface area contributed by atoms with E-state index in [9.17, 15) is 9.59 Å². The molecule has 0 spiro atoms. The van der Waals surface area contributed by atoms with E-state index in [-0.39, 0.29) is 11.7 Å². The van der Waals surface area contributed by atoms with Gasteiger partial charge in [-0.1, -0.05) is 0 Å². The van der Waals surface area contributed by atoms with E-state index < -0.39 is 0 Å². The van der Waals surface area contributed by atoms with Crippen molar-refractivity contribution in [2.45, 2.75) is 26.2 Å². The second kappa shape index (κ2) is 7.48. The van der Waals surface area contributed by atoms with Crippen LogP contribution < -0.4 is 10.1 Å². The van der Waals surface area contributed by atoms with Crippen molar-refractivity contribution in [3.8, 4) is 5.75 Å². The second-order valence-electron chi connectivity index (χ2n) is 3.96. The van der Waals surface area contributed by atoms with Crippen LogP contribution in [-0.4, -0.2) is 25.3 Å². The molecule has 0 aliphatic rings. The number of carbonyl (C=O) groups excluding carboxylic acids is 2. The number of hydrogen-bond donors (Lipinski definition) is 1. The Morgan fingerprint density at radius 2 is 1.83 bits per heavy atom. The first-order valence-corrected chi connectivity index (χ1v) is 6.11. The van der Waals surface area contributed by atoms with Crippen LogP contribution in [0.4, 0.5) is 0 Å². The van der Waals surface area contributed by atoms with Crippen LogP contribution in [0, 0.1) is 0 Å². The largest absolute Gasteiger partial charge is 0.497 e. The molecular weight excluding hydrogens is 230 g/mol. The van der Waals surface area contributed by atoms with Crippen molar-refractivity contribution in [3.63, 3.8) is 0 Å². The molecule has 0 atom stereocenters. The van der Waals surface area contributed by atoms with Crippen molar-refractivity contribution in [3.05, 3.63) is 29.8 Å². The lowest BCUT2D eigenvalue weighted by molar-refractivity contribution is -0.121. The molecule has 1 rings (SSSR count). The number of rotatable bonds is 7. The number of Topliss-reactive ketones (excluding diaryl/α,β-unsaturated/α-hetero) is 1. The molecule has 4 heteroatoms. The number of amides is 1. The fraction of sp³-hybridized carbons (Fsp3) is 0.429. The highest BCUT2D eigenvalue weighted by atomic mass is 16.5. The molecule has 0 fully saturated rings. The smallest absolute Gasteiger partial charge is 0.219 e. The summed E-state index contributed by atoms with van der Waals surface area (Å²) < 4.78 is 5.02. The zero-order chi connectivity index (χ0) is 13.4. The van der Waals surface area contributed by atoms with Crippen LogP contribution >= 0.6 is 0 Å². The lowest BCUT2D eigenvalue weighted by Gasteiger charge is -2.03. The monoisotopic (exact) mass is 249 g/mol.